The van der Waals surface area contributed by atoms with Gasteiger partial charge in [0.15, 0.2) is 18.1 Å². The molecule has 2 aliphatic heterocycles. The zero-order valence-electron chi connectivity index (χ0n) is 20.2. The number of alkyl halides is 1. The maximum Gasteiger partial charge on any atom is 0.408 e. The molecular weight excluding hydrogens is 485 g/mol. The molecule has 5 heterocycles. The summed E-state index contributed by atoms with van der Waals surface area (Å²) in [6.07, 6.45) is 0.796. The van der Waals surface area contributed by atoms with Crippen molar-refractivity contribution in [1.82, 2.24) is 40.1 Å². The number of aromatic amines is 1. The van der Waals surface area contributed by atoms with Crippen LogP contribution >= 0.6 is 0 Å². The Hall–Kier alpha value is -3.78. The zero-order chi connectivity index (χ0) is 25.6. The maximum absolute atomic E-state index is 15.1. The minimum absolute atomic E-state index is 0.0580. The molecule has 4 N–H and O–H groups in total. The summed E-state index contributed by atoms with van der Waals surface area (Å²) in [7, 11) is 0. The first kappa shape index (κ1) is 23.6. The predicted molar refractivity (Wildman–Crippen MR) is 128 cm³/mol. The zero-order valence-corrected chi connectivity index (χ0v) is 20.2. The standard InChI is InChI=1S/C23H28FN9O4/c1-23(3-4-23)29-22(35)37-15-12-36-19(18(15)24)13-10-16(31-30-13)28-21-26-5-2-17-27-14(11-33(17)21)20(34)32-8-6-25-7-9-32/h2,5,10-11,15,18-19,25H,3-4,6-9,12H2,1H3,(H,29,35)(H2,26,28,30,31)/t15-,18+,19-/m1/s1. The van der Waals surface area contributed by atoms with Crippen LogP contribution in [0.1, 0.15) is 42.1 Å². The summed E-state index contributed by atoms with van der Waals surface area (Å²) in [6, 6.07) is 3.31. The Balaban J connectivity index is 1.13. The van der Waals surface area contributed by atoms with Gasteiger partial charge in [-0.15, -0.1) is 0 Å². The number of carbonyl (C=O) groups is 2. The number of hydrogen-bond acceptors (Lipinski definition) is 9. The highest BCUT2D eigenvalue weighted by molar-refractivity contribution is 5.93. The Morgan fingerprint density at radius 3 is 2.89 bits per heavy atom. The summed E-state index contributed by atoms with van der Waals surface area (Å²) in [5, 5.41) is 16.0. The number of carbonyl (C=O) groups excluding carboxylic acids is 2. The number of aromatic nitrogens is 5. The van der Waals surface area contributed by atoms with E-state index in [2.05, 4.69) is 36.1 Å². The number of piperazine rings is 1. The number of alkyl carbamates (subject to hydrolysis) is 1. The third kappa shape index (κ3) is 4.81. The van der Waals surface area contributed by atoms with Crippen LogP contribution in [0.4, 0.5) is 21.0 Å². The smallest absolute Gasteiger partial charge is 0.408 e. The molecule has 1 saturated carbocycles. The van der Waals surface area contributed by atoms with E-state index in [0.29, 0.717) is 41.9 Å². The molecule has 6 rings (SSSR count). The fourth-order valence-electron chi connectivity index (χ4n) is 4.47. The summed E-state index contributed by atoms with van der Waals surface area (Å²) in [4.78, 5) is 35.5. The van der Waals surface area contributed by atoms with Crippen molar-refractivity contribution >= 4 is 29.4 Å². The van der Waals surface area contributed by atoms with E-state index >= 15 is 4.39 Å². The summed E-state index contributed by atoms with van der Waals surface area (Å²) in [5.74, 6) is 0.624. The molecule has 3 aromatic rings. The molecule has 14 heteroatoms. The molecule has 0 bridgehead atoms. The molecule has 196 valence electrons. The number of H-pyrrole nitrogens is 1. The van der Waals surface area contributed by atoms with Gasteiger partial charge in [-0.25, -0.2) is 19.2 Å². The van der Waals surface area contributed by atoms with Gasteiger partial charge in [-0.2, -0.15) is 5.10 Å². The van der Waals surface area contributed by atoms with Crippen LogP contribution in [0, 0.1) is 0 Å². The second-order valence-electron chi connectivity index (χ2n) is 9.83. The van der Waals surface area contributed by atoms with Gasteiger partial charge in [0.1, 0.15) is 17.4 Å². The van der Waals surface area contributed by atoms with Crippen molar-refractivity contribution in [3.63, 3.8) is 0 Å². The van der Waals surface area contributed by atoms with E-state index in [1.165, 1.54) is 0 Å². The average Bonchev–Trinajstić information content (AvgIpc) is 3.25. The molecule has 0 radical (unpaired) electrons. The first-order valence-corrected chi connectivity index (χ1v) is 12.3. The van der Waals surface area contributed by atoms with Crippen molar-refractivity contribution in [3.8, 4) is 0 Å². The number of anilines is 2. The van der Waals surface area contributed by atoms with E-state index < -0.39 is 24.5 Å². The number of imidazole rings is 1. The fourth-order valence-corrected chi connectivity index (χ4v) is 4.47. The van der Waals surface area contributed by atoms with Gasteiger partial charge < -0.3 is 30.3 Å². The molecule has 0 unspecified atom stereocenters. The quantitative estimate of drug-likeness (QED) is 0.382. The third-order valence-corrected chi connectivity index (χ3v) is 6.90. The molecule has 13 nitrogen and oxygen atoms in total. The highest BCUT2D eigenvalue weighted by Gasteiger charge is 2.44. The van der Waals surface area contributed by atoms with Crippen molar-refractivity contribution in [2.45, 2.75) is 43.7 Å². The van der Waals surface area contributed by atoms with Gasteiger partial charge in [-0.1, -0.05) is 0 Å². The summed E-state index contributed by atoms with van der Waals surface area (Å²) in [6.45, 7) is 4.61. The second-order valence-corrected chi connectivity index (χ2v) is 9.83. The summed E-state index contributed by atoms with van der Waals surface area (Å²) in [5.41, 5.74) is 1.01. The molecule has 37 heavy (non-hydrogen) atoms. The van der Waals surface area contributed by atoms with Crippen LogP contribution in [0.25, 0.3) is 5.65 Å². The lowest BCUT2D eigenvalue weighted by atomic mass is 10.1. The van der Waals surface area contributed by atoms with E-state index in [1.54, 1.807) is 33.8 Å². The van der Waals surface area contributed by atoms with Crippen molar-refractivity contribution < 1.29 is 23.5 Å². The Kier molecular flexibility index (Phi) is 5.91. The van der Waals surface area contributed by atoms with Crippen LogP contribution in [-0.4, -0.2) is 92.1 Å². The number of halogens is 1. The molecule has 0 aromatic carbocycles. The van der Waals surface area contributed by atoms with Crippen LogP contribution in [0.3, 0.4) is 0 Å². The summed E-state index contributed by atoms with van der Waals surface area (Å²) < 4.78 is 27.6. The first-order valence-electron chi connectivity index (χ1n) is 12.3. The lowest BCUT2D eigenvalue weighted by molar-refractivity contribution is 0.0604. The molecule has 3 fully saturated rings. The van der Waals surface area contributed by atoms with Gasteiger partial charge >= 0.3 is 6.09 Å². The molecule has 3 atom stereocenters. The number of hydrogen-bond donors (Lipinski definition) is 4. The first-order chi connectivity index (χ1) is 17.9. The second kappa shape index (κ2) is 9.27. The normalized spacial score (nSPS) is 24.7. The van der Waals surface area contributed by atoms with Crippen LogP contribution < -0.4 is 16.0 Å². The highest BCUT2D eigenvalue weighted by atomic mass is 19.1. The largest absolute Gasteiger partial charge is 0.441 e. The Bertz CT molecular complexity index is 1320. The highest BCUT2D eigenvalue weighted by Crippen LogP contribution is 2.36. The lowest BCUT2D eigenvalue weighted by Gasteiger charge is -2.26. The molecule has 2 saturated heterocycles. The minimum Gasteiger partial charge on any atom is -0.441 e. The van der Waals surface area contributed by atoms with Gasteiger partial charge in [0, 0.05) is 50.2 Å². The number of rotatable bonds is 6. The Morgan fingerprint density at radius 1 is 1.30 bits per heavy atom. The molecule has 1 aliphatic carbocycles. The van der Waals surface area contributed by atoms with Crippen molar-refractivity contribution in [2.24, 2.45) is 0 Å². The van der Waals surface area contributed by atoms with E-state index in [1.807, 2.05) is 6.92 Å². The Morgan fingerprint density at radius 2 is 2.11 bits per heavy atom. The van der Waals surface area contributed by atoms with Gasteiger partial charge in [-0.3, -0.25) is 14.3 Å². The van der Waals surface area contributed by atoms with Gasteiger partial charge in [0.05, 0.1) is 12.3 Å². The van der Waals surface area contributed by atoms with Crippen molar-refractivity contribution in [2.75, 3.05) is 38.1 Å². The number of amides is 2. The summed E-state index contributed by atoms with van der Waals surface area (Å²) >= 11 is 0. The third-order valence-electron chi connectivity index (χ3n) is 6.90. The number of nitrogens with one attached hydrogen (secondary N) is 4. The number of ether oxygens (including phenoxy) is 2. The van der Waals surface area contributed by atoms with Crippen molar-refractivity contribution in [3.05, 3.63) is 35.9 Å². The van der Waals surface area contributed by atoms with E-state index in [0.717, 1.165) is 25.9 Å². The average molecular weight is 514 g/mol. The van der Waals surface area contributed by atoms with Crippen LogP contribution in [0.2, 0.25) is 0 Å². The SMILES string of the molecule is CC1(NC(=O)O[C@@H]2CO[C@H](c3cc(Nc4nccc5nc(C(=O)N6CCNCC6)cn45)n[nH]3)[C@H]2F)CC1. The minimum atomic E-state index is -1.56. The van der Waals surface area contributed by atoms with E-state index in [-0.39, 0.29) is 18.1 Å². The fraction of sp³-hybridized carbons (Fsp3) is 0.522. The number of fused-ring (bicyclic) bond motifs is 1. The van der Waals surface area contributed by atoms with Crippen LogP contribution in [0.5, 0.6) is 0 Å². The van der Waals surface area contributed by atoms with E-state index in [4.69, 9.17) is 9.47 Å². The van der Waals surface area contributed by atoms with Gasteiger partial charge in [0.2, 0.25) is 5.95 Å². The predicted octanol–water partition coefficient (Wildman–Crippen LogP) is 1.30. The molecule has 3 aliphatic rings. The number of nitrogens with zero attached hydrogens (tertiary/aromatic N) is 5. The monoisotopic (exact) mass is 513 g/mol. The van der Waals surface area contributed by atoms with E-state index in [9.17, 15) is 9.59 Å². The Labute approximate surface area is 211 Å². The topological polar surface area (TPSA) is 151 Å². The molecular formula is C23H28FN9O4. The maximum atomic E-state index is 15.1. The molecule has 0 spiro atoms. The van der Waals surface area contributed by atoms with Gasteiger partial charge in [-0.05, 0) is 25.8 Å². The molecule has 2 amide bonds. The molecule has 3 aromatic heterocycles. The van der Waals surface area contributed by atoms with Crippen molar-refractivity contribution in [1.29, 1.82) is 0 Å². The van der Waals surface area contributed by atoms with Crippen LogP contribution in [-0.2, 0) is 9.47 Å². The van der Waals surface area contributed by atoms with Crippen LogP contribution in [0.15, 0.2) is 24.5 Å². The lowest BCUT2D eigenvalue weighted by Crippen LogP contribution is -2.46. The van der Waals surface area contributed by atoms with Gasteiger partial charge in [0.25, 0.3) is 5.91 Å².